The van der Waals surface area contributed by atoms with Crippen molar-refractivity contribution in [2.24, 2.45) is 5.73 Å². The first-order chi connectivity index (χ1) is 5.22. The van der Waals surface area contributed by atoms with Crippen molar-refractivity contribution in [3.05, 3.63) is 0 Å². The van der Waals surface area contributed by atoms with Crippen molar-refractivity contribution in [3.63, 3.8) is 0 Å². The van der Waals surface area contributed by atoms with Gasteiger partial charge in [-0.2, -0.15) is 0 Å². The Morgan fingerprint density at radius 1 is 1.36 bits per heavy atom. The van der Waals surface area contributed by atoms with Crippen molar-refractivity contribution < 1.29 is 10.2 Å². The van der Waals surface area contributed by atoms with Gasteiger partial charge in [0.2, 0.25) is 0 Å². The van der Waals surface area contributed by atoms with Crippen LogP contribution < -0.4 is 5.73 Å². The Morgan fingerprint density at radius 2 is 1.82 bits per heavy atom. The van der Waals surface area contributed by atoms with Gasteiger partial charge in [-0.1, -0.05) is 19.8 Å². The summed E-state index contributed by atoms with van der Waals surface area (Å²) >= 11 is 0. The summed E-state index contributed by atoms with van der Waals surface area (Å²) in [7, 11) is 0. The third-order valence-corrected chi connectivity index (χ3v) is 1.16. The zero-order valence-electron chi connectivity index (χ0n) is 7.58. The number of unbranched alkanes of at least 4 members (excludes halogenated alkanes) is 1. The molecule has 4 N–H and O–H groups in total. The Hall–Kier alpha value is -0.120. The molecule has 1 unspecified atom stereocenters. The van der Waals surface area contributed by atoms with Crippen molar-refractivity contribution in [2.45, 2.75) is 39.2 Å². The molecular formula is C8H21NO2. The zero-order chi connectivity index (χ0) is 9.11. The van der Waals surface area contributed by atoms with Gasteiger partial charge in [-0.25, -0.2) is 0 Å². The molecule has 0 aromatic heterocycles. The number of nitrogens with two attached hydrogens (primary N) is 1. The zero-order valence-corrected chi connectivity index (χ0v) is 7.58. The third-order valence-electron chi connectivity index (χ3n) is 1.16. The predicted octanol–water partition coefficient (Wildman–Crippen LogP) is 0.495. The highest BCUT2D eigenvalue weighted by Gasteiger charge is 1.96. The summed E-state index contributed by atoms with van der Waals surface area (Å²) in [5.74, 6) is 0. The van der Waals surface area contributed by atoms with Crippen LogP contribution >= 0.6 is 0 Å². The average Bonchev–Trinajstić information content (AvgIpc) is 2.02. The number of rotatable bonds is 4. The Morgan fingerprint density at radius 3 is 2.09 bits per heavy atom. The molecule has 0 saturated carbocycles. The molecule has 3 nitrogen and oxygen atoms in total. The molecule has 0 rings (SSSR count). The van der Waals surface area contributed by atoms with E-state index in [1.165, 1.54) is 0 Å². The van der Waals surface area contributed by atoms with Gasteiger partial charge >= 0.3 is 0 Å². The Kier molecular flexibility index (Phi) is 15.4. The lowest BCUT2D eigenvalue weighted by Gasteiger charge is -2.03. The maximum absolute atomic E-state index is 8.86. The summed E-state index contributed by atoms with van der Waals surface area (Å²) in [6.45, 7) is 4.43. The molecule has 0 spiro atoms. The fourth-order valence-corrected chi connectivity index (χ4v) is 0.558. The van der Waals surface area contributed by atoms with Crippen LogP contribution in [0.2, 0.25) is 0 Å². The molecule has 0 aliphatic heterocycles. The first-order valence-electron chi connectivity index (χ1n) is 4.21. The van der Waals surface area contributed by atoms with Crippen LogP contribution in [-0.2, 0) is 0 Å². The summed E-state index contributed by atoms with van der Waals surface area (Å²) in [5, 5.41) is 16.4. The van der Waals surface area contributed by atoms with Crippen LogP contribution in [0.1, 0.15) is 33.1 Å². The summed E-state index contributed by atoms with van der Waals surface area (Å²) < 4.78 is 0. The van der Waals surface area contributed by atoms with E-state index in [4.69, 9.17) is 15.9 Å². The minimum absolute atomic E-state index is 0.250. The normalized spacial score (nSPS) is 11.7. The lowest BCUT2D eigenvalue weighted by molar-refractivity contribution is 0.169. The molecule has 1 atom stereocenters. The lowest BCUT2D eigenvalue weighted by atomic mass is 10.2. The second-order valence-electron chi connectivity index (χ2n) is 2.35. The molecule has 70 valence electrons. The van der Waals surface area contributed by atoms with E-state index in [1.807, 2.05) is 0 Å². The SMILES string of the molecule is CCCCC(O)CN.CCO. The second kappa shape index (κ2) is 12.5. The van der Waals surface area contributed by atoms with Gasteiger partial charge in [0.15, 0.2) is 0 Å². The molecule has 0 heterocycles. The fraction of sp³-hybridized carbons (Fsp3) is 1.00. The van der Waals surface area contributed by atoms with Crippen molar-refractivity contribution in [2.75, 3.05) is 13.2 Å². The summed E-state index contributed by atoms with van der Waals surface area (Å²) in [4.78, 5) is 0. The second-order valence-corrected chi connectivity index (χ2v) is 2.35. The number of hydrogen-bond donors (Lipinski definition) is 3. The summed E-state index contributed by atoms with van der Waals surface area (Å²) in [6, 6.07) is 0. The van der Waals surface area contributed by atoms with Crippen molar-refractivity contribution >= 4 is 0 Å². The molecule has 0 saturated heterocycles. The van der Waals surface area contributed by atoms with Crippen molar-refractivity contribution in [1.29, 1.82) is 0 Å². The van der Waals surface area contributed by atoms with Crippen LogP contribution in [0.4, 0.5) is 0 Å². The molecule has 0 fully saturated rings. The van der Waals surface area contributed by atoms with Crippen LogP contribution in [0.3, 0.4) is 0 Å². The Labute approximate surface area is 69.2 Å². The Balaban J connectivity index is 0. The topological polar surface area (TPSA) is 66.5 Å². The summed E-state index contributed by atoms with van der Waals surface area (Å²) in [5.41, 5.74) is 5.16. The predicted molar refractivity (Wildman–Crippen MR) is 47.3 cm³/mol. The van der Waals surface area contributed by atoms with E-state index in [1.54, 1.807) is 6.92 Å². The highest BCUT2D eigenvalue weighted by molar-refractivity contribution is 4.53. The van der Waals surface area contributed by atoms with Gasteiger partial charge in [0.1, 0.15) is 0 Å². The highest BCUT2D eigenvalue weighted by atomic mass is 16.3. The molecule has 0 radical (unpaired) electrons. The van der Waals surface area contributed by atoms with E-state index in [-0.39, 0.29) is 12.7 Å². The third kappa shape index (κ3) is 17.7. The van der Waals surface area contributed by atoms with Crippen molar-refractivity contribution in [1.82, 2.24) is 0 Å². The quantitative estimate of drug-likeness (QED) is 0.565. The highest BCUT2D eigenvalue weighted by Crippen LogP contribution is 1.97. The van der Waals surface area contributed by atoms with E-state index in [0.29, 0.717) is 6.54 Å². The molecule has 0 aromatic carbocycles. The van der Waals surface area contributed by atoms with E-state index in [9.17, 15) is 0 Å². The molecule has 0 bridgehead atoms. The molecule has 3 heteroatoms. The van der Waals surface area contributed by atoms with Gasteiger partial charge in [-0.3, -0.25) is 0 Å². The van der Waals surface area contributed by atoms with Crippen LogP contribution in [0, 0.1) is 0 Å². The van der Waals surface area contributed by atoms with Gasteiger partial charge < -0.3 is 15.9 Å². The van der Waals surface area contributed by atoms with E-state index >= 15 is 0 Å². The summed E-state index contributed by atoms with van der Waals surface area (Å²) in [6.07, 6.45) is 2.80. The molecule has 11 heavy (non-hydrogen) atoms. The van der Waals surface area contributed by atoms with Gasteiger partial charge in [0.25, 0.3) is 0 Å². The van der Waals surface area contributed by atoms with Crippen LogP contribution in [0.5, 0.6) is 0 Å². The smallest absolute Gasteiger partial charge is 0.0662 e. The van der Waals surface area contributed by atoms with E-state index < -0.39 is 0 Å². The maximum Gasteiger partial charge on any atom is 0.0662 e. The number of aliphatic hydroxyl groups is 2. The van der Waals surface area contributed by atoms with Crippen LogP contribution in [0.25, 0.3) is 0 Å². The van der Waals surface area contributed by atoms with E-state index in [2.05, 4.69) is 6.92 Å². The average molecular weight is 163 g/mol. The first-order valence-corrected chi connectivity index (χ1v) is 4.21. The van der Waals surface area contributed by atoms with Gasteiger partial charge in [0, 0.05) is 13.2 Å². The maximum atomic E-state index is 8.86. The monoisotopic (exact) mass is 163 g/mol. The molecule has 0 aliphatic rings. The van der Waals surface area contributed by atoms with E-state index in [0.717, 1.165) is 19.3 Å². The van der Waals surface area contributed by atoms with Gasteiger partial charge in [-0.15, -0.1) is 0 Å². The largest absolute Gasteiger partial charge is 0.397 e. The number of hydrogen-bond acceptors (Lipinski definition) is 3. The number of aliphatic hydroxyl groups excluding tert-OH is 2. The molecule has 0 aromatic rings. The Bertz CT molecular complexity index is 60.1. The fourth-order valence-electron chi connectivity index (χ4n) is 0.558. The first kappa shape index (κ1) is 13.5. The minimum atomic E-state index is -0.269. The molecular weight excluding hydrogens is 142 g/mol. The molecule has 0 aliphatic carbocycles. The van der Waals surface area contributed by atoms with Crippen LogP contribution in [-0.4, -0.2) is 29.5 Å². The lowest BCUT2D eigenvalue weighted by Crippen LogP contribution is -2.18. The molecule has 0 amide bonds. The van der Waals surface area contributed by atoms with Gasteiger partial charge in [0.05, 0.1) is 6.10 Å². The minimum Gasteiger partial charge on any atom is -0.397 e. The standard InChI is InChI=1S/C6H15NO.C2H6O/c1-2-3-4-6(8)5-7;1-2-3/h6,8H,2-5,7H2,1H3;3H,2H2,1H3. The van der Waals surface area contributed by atoms with Crippen molar-refractivity contribution in [3.8, 4) is 0 Å². The van der Waals surface area contributed by atoms with Crippen LogP contribution in [0.15, 0.2) is 0 Å². The van der Waals surface area contributed by atoms with Gasteiger partial charge in [-0.05, 0) is 13.3 Å².